The van der Waals surface area contributed by atoms with E-state index in [4.69, 9.17) is 4.42 Å². The quantitative estimate of drug-likeness (QED) is 0.597. The summed E-state index contributed by atoms with van der Waals surface area (Å²) in [6, 6.07) is 11.2. The lowest BCUT2D eigenvalue weighted by atomic mass is 10.2. The summed E-state index contributed by atoms with van der Waals surface area (Å²) in [5.74, 6) is 0.634. The lowest BCUT2D eigenvalue weighted by molar-refractivity contribution is 0.102. The maximum absolute atomic E-state index is 12.0. The van der Waals surface area contributed by atoms with Gasteiger partial charge in [0.05, 0.1) is 27.7 Å². The molecule has 0 unspecified atom stereocenters. The van der Waals surface area contributed by atoms with E-state index in [1.165, 1.54) is 12.5 Å². The number of anilines is 1. The minimum atomic E-state index is -0.203. The first-order chi connectivity index (χ1) is 10.8. The lowest BCUT2D eigenvalue weighted by Gasteiger charge is -2.02. The molecule has 22 heavy (non-hydrogen) atoms. The summed E-state index contributed by atoms with van der Waals surface area (Å²) in [5.41, 5.74) is 2.95. The van der Waals surface area contributed by atoms with Crippen molar-refractivity contribution < 1.29 is 9.21 Å². The Bertz CT molecular complexity index is 924. The molecule has 0 spiro atoms. The van der Waals surface area contributed by atoms with E-state index >= 15 is 0 Å². The zero-order chi connectivity index (χ0) is 14.9. The fraction of sp³-hybridized carbons (Fsp3) is 0. The van der Waals surface area contributed by atoms with Crippen LogP contribution in [0.1, 0.15) is 10.4 Å². The van der Waals surface area contributed by atoms with Gasteiger partial charge in [-0.3, -0.25) is 4.79 Å². The number of carbonyl (C=O) groups excluding carboxylic acids is 1. The molecule has 3 heterocycles. The van der Waals surface area contributed by atoms with Crippen LogP contribution in [0.4, 0.5) is 5.69 Å². The van der Waals surface area contributed by atoms with E-state index in [1.807, 2.05) is 35.7 Å². The second-order valence-corrected chi connectivity index (χ2v) is 5.71. The number of imidazole rings is 1. The molecule has 6 heteroatoms. The molecule has 2 N–H and O–H groups in total. The average molecular weight is 309 g/mol. The predicted octanol–water partition coefficient (Wildman–Crippen LogP) is 4.14. The van der Waals surface area contributed by atoms with Crippen molar-refractivity contribution in [2.75, 3.05) is 5.32 Å². The summed E-state index contributed by atoms with van der Waals surface area (Å²) in [4.78, 5) is 20.9. The number of rotatable bonds is 3. The van der Waals surface area contributed by atoms with Gasteiger partial charge in [-0.05, 0) is 35.7 Å². The highest BCUT2D eigenvalue weighted by Gasteiger charge is 2.10. The Morgan fingerprint density at radius 3 is 3.00 bits per heavy atom. The standard InChI is InChI=1S/C16H11N3O2S/c20-16(10-5-6-21-9-10)17-11-3-4-12-13(8-11)19-15(18-12)14-2-1-7-22-14/h1-9H,(H,17,20)(H,18,19). The molecule has 108 valence electrons. The van der Waals surface area contributed by atoms with Crippen LogP contribution in [0.2, 0.25) is 0 Å². The molecular formula is C16H11N3O2S. The highest BCUT2D eigenvalue weighted by Crippen LogP contribution is 2.26. The van der Waals surface area contributed by atoms with E-state index in [1.54, 1.807) is 17.4 Å². The molecule has 1 aromatic carbocycles. The summed E-state index contributed by atoms with van der Waals surface area (Å²) in [7, 11) is 0. The molecule has 4 rings (SSSR count). The predicted molar refractivity (Wildman–Crippen MR) is 86.1 cm³/mol. The fourth-order valence-electron chi connectivity index (χ4n) is 2.21. The van der Waals surface area contributed by atoms with Crippen LogP contribution in [0.25, 0.3) is 21.7 Å². The van der Waals surface area contributed by atoms with Crippen molar-refractivity contribution in [1.82, 2.24) is 9.97 Å². The molecular weight excluding hydrogens is 298 g/mol. The van der Waals surface area contributed by atoms with Gasteiger partial charge in [0.1, 0.15) is 12.1 Å². The number of carbonyl (C=O) groups is 1. The molecule has 1 amide bonds. The van der Waals surface area contributed by atoms with Crippen molar-refractivity contribution in [1.29, 1.82) is 0 Å². The second-order valence-electron chi connectivity index (χ2n) is 4.76. The molecule has 0 aliphatic heterocycles. The molecule has 0 saturated heterocycles. The molecule has 4 aromatic rings. The Hall–Kier alpha value is -2.86. The second kappa shape index (κ2) is 5.16. The average Bonchev–Trinajstić information content (AvgIpc) is 3.26. The van der Waals surface area contributed by atoms with Gasteiger partial charge >= 0.3 is 0 Å². The summed E-state index contributed by atoms with van der Waals surface area (Å²) >= 11 is 1.63. The Morgan fingerprint density at radius 1 is 1.27 bits per heavy atom. The lowest BCUT2D eigenvalue weighted by Crippen LogP contribution is -2.10. The summed E-state index contributed by atoms with van der Waals surface area (Å²) in [6.45, 7) is 0. The molecule has 0 bridgehead atoms. The van der Waals surface area contributed by atoms with Crippen LogP contribution in [0.5, 0.6) is 0 Å². The number of fused-ring (bicyclic) bond motifs is 1. The van der Waals surface area contributed by atoms with Gasteiger partial charge in [-0.25, -0.2) is 4.98 Å². The third-order valence-corrected chi connectivity index (χ3v) is 4.15. The van der Waals surface area contributed by atoms with Gasteiger partial charge in [0.2, 0.25) is 0 Å². The highest BCUT2D eigenvalue weighted by atomic mass is 32.1. The number of hydrogen-bond acceptors (Lipinski definition) is 4. The third kappa shape index (κ3) is 2.29. The number of nitrogens with zero attached hydrogens (tertiary/aromatic N) is 1. The molecule has 0 radical (unpaired) electrons. The fourth-order valence-corrected chi connectivity index (χ4v) is 2.88. The topological polar surface area (TPSA) is 70.9 Å². The molecule has 0 aliphatic carbocycles. The van der Waals surface area contributed by atoms with Gasteiger partial charge in [0, 0.05) is 5.69 Å². The van der Waals surface area contributed by atoms with Crippen LogP contribution in [0.15, 0.2) is 58.7 Å². The van der Waals surface area contributed by atoms with Crippen molar-refractivity contribution in [3.05, 3.63) is 59.9 Å². The molecule has 0 fully saturated rings. The molecule has 3 aromatic heterocycles. The first-order valence-corrected chi connectivity index (χ1v) is 7.55. The van der Waals surface area contributed by atoms with Crippen LogP contribution < -0.4 is 5.32 Å². The van der Waals surface area contributed by atoms with Crippen LogP contribution in [0, 0.1) is 0 Å². The Balaban J connectivity index is 1.64. The number of H-pyrrole nitrogens is 1. The van der Waals surface area contributed by atoms with Crippen molar-refractivity contribution in [3.8, 4) is 10.7 Å². The van der Waals surface area contributed by atoms with Gasteiger partial charge in [-0.15, -0.1) is 11.3 Å². The van der Waals surface area contributed by atoms with Crippen LogP contribution in [-0.4, -0.2) is 15.9 Å². The van der Waals surface area contributed by atoms with Crippen molar-refractivity contribution in [3.63, 3.8) is 0 Å². The van der Waals surface area contributed by atoms with Crippen LogP contribution in [-0.2, 0) is 0 Å². The van der Waals surface area contributed by atoms with Gasteiger partial charge in [-0.2, -0.15) is 0 Å². The van der Waals surface area contributed by atoms with Crippen LogP contribution >= 0.6 is 11.3 Å². The Kier molecular flexibility index (Phi) is 3.01. The number of hydrogen-bond donors (Lipinski definition) is 2. The summed E-state index contributed by atoms with van der Waals surface area (Å²) in [6.07, 6.45) is 2.89. The first kappa shape index (κ1) is 12.8. The van der Waals surface area contributed by atoms with Gasteiger partial charge in [0.25, 0.3) is 5.91 Å². The number of thiophene rings is 1. The minimum Gasteiger partial charge on any atom is -0.472 e. The number of furan rings is 1. The van der Waals surface area contributed by atoms with E-state index in [9.17, 15) is 4.79 Å². The summed E-state index contributed by atoms with van der Waals surface area (Å²) in [5, 5.41) is 4.85. The van der Waals surface area contributed by atoms with Crippen LogP contribution in [0.3, 0.4) is 0 Å². The van der Waals surface area contributed by atoms with E-state index in [0.29, 0.717) is 11.3 Å². The smallest absolute Gasteiger partial charge is 0.258 e. The molecule has 0 atom stereocenters. The Labute approximate surface area is 129 Å². The number of benzene rings is 1. The van der Waals surface area contributed by atoms with E-state index in [0.717, 1.165) is 21.7 Å². The van der Waals surface area contributed by atoms with Gasteiger partial charge in [0.15, 0.2) is 0 Å². The molecule has 0 aliphatic rings. The zero-order valence-electron chi connectivity index (χ0n) is 11.4. The number of nitrogens with one attached hydrogen (secondary N) is 2. The maximum Gasteiger partial charge on any atom is 0.258 e. The van der Waals surface area contributed by atoms with Crippen molar-refractivity contribution in [2.24, 2.45) is 0 Å². The van der Waals surface area contributed by atoms with Crippen molar-refractivity contribution >= 4 is 34.0 Å². The molecule has 0 saturated carbocycles. The zero-order valence-corrected chi connectivity index (χ0v) is 12.2. The largest absolute Gasteiger partial charge is 0.472 e. The summed E-state index contributed by atoms with van der Waals surface area (Å²) < 4.78 is 4.91. The van der Waals surface area contributed by atoms with E-state index in [-0.39, 0.29) is 5.91 Å². The normalized spacial score (nSPS) is 10.9. The Morgan fingerprint density at radius 2 is 2.23 bits per heavy atom. The maximum atomic E-state index is 12.0. The van der Waals surface area contributed by atoms with E-state index < -0.39 is 0 Å². The SMILES string of the molecule is O=C(Nc1ccc2nc(-c3cccs3)[nH]c2c1)c1ccoc1. The van der Waals surface area contributed by atoms with Crippen molar-refractivity contribution in [2.45, 2.75) is 0 Å². The number of aromatic amines is 1. The first-order valence-electron chi connectivity index (χ1n) is 6.67. The third-order valence-electron chi connectivity index (χ3n) is 3.28. The van der Waals surface area contributed by atoms with E-state index in [2.05, 4.69) is 15.3 Å². The molecule has 5 nitrogen and oxygen atoms in total. The highest BCUT2D eigenvalue weighted by molar-refractivity contribution is 7.13. The minimum absolute atomic E-state index is 0.203. The number of amides is 1. The van der Waals surface area contributed by atoms with Gasteiger partial charge in [-0.1, -0.05) is 6.07 Å². The van der Waals surface area contributed by atoms with Gasteiger partial charge < -0.3 is 14.7 Å². The monoisotopic (exact) mass is 309 g/mol. The number of aromatic nitrogens is 2.